The Morgan fingerprint density at radius 1 is 1.21 bits per heavy atom. The van der Waals surface area contributed by atoms with Gasteiger partial charge in [-0.1, -0.05) is 6.07 Å². The van der Waals surface area contributed by atoms with Crippen molar-refractivity contribution in [3.05, 3.63) is 63.8 Å². The maximum Gasteiger partial charge on any atom is 0.269 e. The number of benzene rings is 1. The van der Waals surface area contributed by atoms with Crippen molar-refractivity contribution in [2.75, 3.05) is 5.32 Å². The van der Waals surface area contributed by atoms with Gasteiger partial charge in [0.2, 0.25) is 0 Å². The van der Waals surface area contributed by atoms with Gasteiger partial charge < -0.3 is 5.32 Å². The largest absolute Gasteiger partial charge is 0.324 e. The second-order valence-electron chi connectivity index (χ2n) is 7.26. The van der Waals surface area contributed by atoms with Crippen molar-refractivity contribution in [2.45, 2.75) is 26.3 Å². The molecule has 0 saturated heterocycles. The van der Waals surface area contributed by atoms with Crippen molar-refractivity contribution in [3.8, 4) is 17.3 Å². The number of carbonyl (C=O) groups excluding carboxylic acids is 1. The van der Waals surface area contributed by atoms with Crippen LogP contribution in [0.3, 0.4) is 0 Å². The maximum atomic E-state index is 12.0. The van der Waals surface area contributed by atoms with Crippen molar-refractivity contribution in [1.82, 2.24) is 14.8 Å². The summed E-state index contributed by atoms with van der Waals surface area (Å²) < 4.78 is 1.66. The molecule has 0 aliphatic heterocycles. The highest BCUT2D eigenvalue weighted by atomic mass is 16.6. The standard InChI is InChI=1S/C20H18N6O3/c1-20(2,3)25-19(23-17-6-4-5-14(11-21)22-17)16(12-27)18(24-25)13-7-9-15(10-8-13)26(28)29/h4-10,12H,1-3H3,(H,22,23). The first-order valence-electron chi connectivity index (χ1n) is 8.72. The SMILES string of the molecule is CC(C)(C)n1nc(-c2ccc([N+](=O)[O-])cc2)c(C=O)c1Nc1cccc(C#N)n1. The van der Waals surface area contributed by atoms with Gasteiger partial charge in [0.05, 0.1) is 16.0 Å². The van der Waals surface area contributed by atoms with Crippen LogP contribution >= 0.6 is 0 Å². The van der Waals surface area contributed by atoms with Crippen LogP contribution in [0.2, 0.25) is 0 Å². The Hall–Kier alpha value is -4.06. The molecular formula is C20H18N6O3. The van der Waals surface area contributed by atoms with E-state index >= 15 is 0 Å². The number of aromatic nitrogens is 3. The number of hydrogen-bond acceptors (Lipinski definition) is 7. The van der Waals surface area contributed by atoms with Crippen LogP contribution in [-0.4, -0.2) is 26.0 Å². The average Bonchev–Trinajstić information content (AvgIpc) is 3.06. The Bertz CT molecular complexity index is 1120. The Kier molecular flexibility index (Phi) is 5.10. The van der Waals surface area contributed by atoms with Gasteiger partial charge in [-0.05, 0) is 45.0 Å². The molecule has 0 unspecified atom stereocenters. The van der Waals surface area contributed by atoms with Crippen LogP contribution in [0.5, 0.6) is 0 Å². The highest BCUT2D eigenvalue weighted by Crippen LogP contribution is 2.33. The lowest BCUT2D eigenvalue weighted by atomic mass is 10.1. The number of rotatable bonds is 5. The maximum absolute atomic E-state index is 12.0. The summed E-state index contributed by atoms with van der Waals surface area (Å²) in [6.07, 6.45) is 0.683. The molecule has 9 heteroatoms. The van der Waals surface area contributed by atoms with E-state index in [1.807, 2.05) is 26.8 Å². The molecule has 0 amide bonds. The minimum atomic E-state index is -0.487. The lowest BCUT2D eigenvalue weighted by Crippen LogP contribution is -2.25. The van der Waals surface area contributed by atoms with Crippen LogP contribution in [0.1, 0.15) is 36.8 Å². The van der Waals surface area contributed by atoms with Gasteiger partial charge in [-0.2, -0.15) is 10.4 Å². The zero-order valence-corrected chi connectivity index (χ0v) is 16.1. The monoisotopic (exact) mass is 390 g/mol. The number of anilines is 2. The van der Waals surface area contributed by atoms with E-state index in [2.05, 4.69) is 15.4 Å². The van der Waals surface area contributed by atoms with E-state index in [4.69, 9.17) is 5.26 Å². The molecule has 0 radical (unpaired) electrons. The number of aldehydes is 1. The fourth-order valence-electron chi connectivity index (χ4n) is 2.79. The summed E-state index contributed by atoms with van der Waals surface area (Å²) >= 11 is 0. The first-order chi connectivity index (χ1) is 13.7. The van der Waals surface area contributed by atoms with Crippen molar-refractivity contribution in [3.63, 3.8) is 0 Å². The Balaban J connectivity index is 2.15. The van der Waals surface area contributed by atoms with Crippen LogP contribution in [-0.2, 0) is 5.54 Å². The molecule has 1 aromatic carbocycles. The number of non-ortho nitro benzene ring substituents is 1. The third kappa shape index (κ3) is 3.96. The van der Waals surface area contributed by atoms with E-state index < -0.39 is 10.5 Å². The highest BCUT2D eigenvalue weighted by Gasteiger charge is 2.26. The molecule has 2 aromatic heterocycles. The summed E-state index contributed by atoms with van der Waals surface area (Å²) in [6.45, 7) is 5.79. The summed E-state index contributed by atoms with van der Waals surface area (Å²) in [4.78, 5) is 26.6. The lowest BCUT2D eigenvalue weighted by Gasteiger charge is -2.22. The average molecular weight is 390 g/mol. The van der Waals surface area contributed by atoms with Crippen LogP contribution in [0.4, 0.5) is 17.3 Å². The molecular weight excluding hydrogens is 372 g/mol. The number of nitro benzene ring substituents is 1. The van der Waals surface area contributed by atoms with Gasteiger partial charge in [-0.25, -0.2) is 9.67 Å². The van der Waals surface area contributed by atoms with Crippen LogP contribution in [0.25, 0.3) is 11.3 Å². The molecule has 3 aromatic rings. The summed E-state index contributed by atoms with van der Waals surface area (Å²) in [6, 6.07) is 12.8. The van der Waals surface area contributed by atoms with E-state index in [1.54, 1.807) is 35.0 Å². The van der Waals surface area contributed by atoms with E-state index in [0.717, 1.165) is 0 Å². The first kappa shape index (κ1) is 19.7. The lowest BCUT2D eigenvalue weighted by molar-refractivity contribution is -0.384. The third-order valence-corrected chi connectivity index (χ3v) is 4.14. The van der Waals surface area contributed by atoms with Gasteiger partial charge >= 0.3 is 0 Å². The van der Waals surface area contributed by atoms with Crippen molar-refractivity contribution < 1.29 is 9.72 Å². The van der Waals surface area contributed by atoms with Gasteiger partial charge in [0.1, 0.15) is 29.1 Å². The number of nitrogens with zero attached hydrogens (tertiary/aromatic N) is 5. The normalized spacial score (nSPS) is 11.0. The molecule has 3 rings (SSSR count). The van der Waals surface area contributed by atoms with Gasteiger partial charge in [0, 0.05) is 17.7 Å². The second-order valence-corrected chi connectivity index (χ2v) is 7.26. The molecule has 0 aliphatic carbocycles. The number of hydrogen-bond donors (Lipinski definition) is 1. The Morgan fingerprint density at radius 2 is 1.90 bits per heavy atom. The minimum absolute atomic E-state index is 0.0486. The van der Waals surface area contributed by atoms with Gasteiger partial charge in [-0.15, -0.1) is 0 Å². The molecule has 0 atom stereocenters. The number of nitrogens with one attached hydrogen (secondary N) is 1. The van der Waals surface area contributed by atoms with Crippen molar-refractivity contribution in [1.29, 1.82) is 5.26 Å². The minimum Gasteiger partial charge on any atom is -0.324 e. The fourth-order valence-corrected chi connectivity index (χ4v) is 2.79. The van der Waals surface area contributed by atoms with Crippen molar-refractivity contribution in [2.24, 2.45) is 0 Å². The van der Waals surface area contributed by atoms with E-state index in [-0.39, 0.29) is 16.9 Å². The van der Waals surface area contributed by atoms with Crippen LogP contribution in [0.15, 0.2) is 42.5 Å². The number of nitro groups is 1. The molecule has 0 bridgehead atoms. The molecule has 29 heavy (non-hydrogen) atoms. The van der Waals surface area contributed by atoms with Crippen molar-refractivity contribution >= 4 is 23.6 Å². The summed E-state index contributed by atoms with van der Waals surface area (Å²) in [5.74, 6) is 0.816. The Morgan fingerprint density at radius 3 is 2.45 bits per heavy atom. The zero-order chi connectivity index (χ0) is 21.2. The van der Waals surface area contributed by atoms with Gasteiger partial charge in [-0.3, -0.25) is 14.9 Å². The molecule has 0 fully saturated rings. The fraction of sp³-hybridized carbons (Fsp3) is 0.200. The zero-order valence-electron chi connectivity index (χ0n) is 16.1. The molecule has 2 heterocycles. The smallest absolute Gasteiger partial charge is 0.269 e. The number of pyridine rings is 1. The van der Waals surface area contributed by atoms with Crippen LogP contribution < -0.4 is 5.32 Å². The highest BCUT2D eigenvalue weighted by molar-refractivity contribution is 5.93. The molecule has 0 saturated carbocycles. The summed E-state index contributed by atoms with van der Waals surface area (Å²) in [5, 5.41) is 27.7. The second kappa shape index (κ2) is 7.52. The third-order valence-electron chi connectivity index (χ3n) is 4.14. The van der Waals surface area contributed by atoms with Gasteiger partial charge in [0.25, 0.3) is 5.69 Å². The summed E-state index contributed by atoms with van der Waals surface area (Å²) in [5.41, 5.74) is 0.961. The molecule has 146 valence electrons. The predicted molar refractivity (Wildman–Crippen MR) is 107 cm³/mol. The van der Waals surface area contributed by atoms with Crippen LogP contribution in [0, 0.1) is 21.4 Å². The molecule has 0 spiro atoms. The summed E-state index contributed by atoms with van der Waals surface area (Å²) in [7, 11) is 0. The van der Waals surface area contributed by atoms with E-state index in [1.165, 1.54) is 12.1 Å². The number of carbonyl (C=O) groups is 1. The van der Waals surface area contributed by atoms with Gasteiger partial charge in [0.15, 0.2) is 6.29 Å². The van der Waals surface area contributed by atoms with E-state index in [9.17, 15) is 14.9 Å². The molecule has 0 aliphatic rings. The first-order valence-corrected chi connectivity index (χ1v) is 8.72. The predicted octanol–water partition coefficient (Wildman–Crippen LogP) is 4.04. The molecule has 1 N–H and O–H groups in total. The number of nitriles is 1. The van der Waals surface area contributed by atoms with E-state index in [0.29, 0.717) is 29.2 Å². The molecule has 9 nitrogen and oxygen atoms in total. The quantitative estimate of drug-likeness (QED) is 0.396. The topological polar surface area (TPSA) is 127 Å². The Labute approximate surface area is 166 Å².